The molecular weight excluding hydrogens is 322 g/mol. The Morgan fingerprint density at radius 3 is 2.42 bits per heavy atom. The van der Waals surface area contributed by atoms with Gasteiger partial charge in [-0.15, -0.1) is 0 Å². The fourth-order valence-corrected chi connectivity index (χ4v) is 3.33. The van der Waals surface area contributed by atoms with E-state index in [4.69, 9.17) is 4.42 Å². The molecule has 0 aliphatic heterocycles. The van der Waals surface area contributed by atoms with Crippen molar-refractivity contribution in [2.24, 2.45) is 0 Å². The minimum atomic E-state index is 0.724. The molecule has 5 rings (SSSR count). The summed E-state index contributed by atoms with van der Waals surface area (Å²) in [5.41, 5.74) is 5.46. The first-order valence-electron chi connectivity index (χ1n) is 8.46. The van der Waals surface area contributed by atoms with E-state index in [-0.39, 0.29) is 0 Å². The number of aryl methyl sites for hydroxylation is 1. The van der Waals surface area contributed by atoms with Crippen molar-refractivity contribution >= 4 is 21.9 Å². The van der Waals surface area contributed by atoms with E-state index >= 15 is 0 Å². The van der Waals surface area contributed by atoms with Crippen molar-refractivity contribution in [2.45, 2.75) is 6.92 Å². The summed E-state index contributed by atoms with van der Waals surface area (Å²) >= 11 is 0. The number of nitrogens with zero attached hydrogens (tertiary/aromatic N) is 3. The zero-order valence-electron chi connectivity index (χ0n) is 14.2. The first-order valence-corrected chi connectivity index (χ1v) is 8.46. The highest BCUT2D eigenvalue weighted by Gasteiger charge is 2.14. The van der Waals surface area contributed by atoms with Crippen LogP contribution in [0.1, 0.15) is 5.82 Å². The van der Waals surface area contributed by atoms with Crippen molar-refractivity contribution in [1.82, 2.24) is 15.0 Å². The first kappa shape index (κ1) is 14.8. The van der Waals surface area contributed by atoms with Crippen LogP contribution in [0.25, 0.3) is 44.5 Å². The molecule has 3 heterocycles. The number of pyridine rings is 1. The molecule has 2 aromatic carbocycles. The first-order chi connectivity index (χ1) is 12.8. The monoisotopic (exact) mass is 337 g/mol. The highest BCUT2D eigenvalue weighted by atomic mass is 16.3. The maximum Gasteiger partial charge on any atom is 0.144 e. The molecule has 0 radical (unpaired) electrons. The van der Waals surface area contributed by atoms with Gasteiger partial charge in [-0.05, 0) is 37.3 Å². The second-order valence-electron chi connectivity index (χ2n) is 6.20. The van der Waals surface area contributed by atoms with E-state index in [0.717, 1.165) is 50.3 Å². The van der Waals surface area contributed by atoms with Gasteiger partial charge in [-0.3, -0.25) is 4.98 Å². The molecule has 0 unspecified atom stereocenters. The van der Waals surface area contributed by atoms with Gasteiger partial charge < -0.3 is 4.42 Å². The lowest BCUT2D eigenvalue weighted by Gasteiger charge is -2.07. The maximum atomic E-state index is 6.15. The van der Waals surface area contributed by atoms with Crippen LogP contribution >= 0.6 is 0 Å². The Labute approximate surface area is 150 Å². The number of aromatic nitrogens is 3. The van der Waals surface area contributed by atoms with Gasteiger partial charge in [0.2, 0.25) is 0 Å². The van der Waals surface area contributed by atoms with Crippen molar-refractivity contribution in [1.29, 1.82) is 0 Å². The lowest BCUT2D eigenvalue weighted by Crippen LogP contribution is -1.95. The number of fused-ring (bicyclic) bond motifs is 3. The van der Waals surface area contributed by atoms with Gasteiger partial charge in [0.05, 0.1) is 11.4 Å². The Kier molecular flexibility index (Phi) is 3.28. The van der Waals surface area contributed by atoms with Crippen LogP contribution in [0, 0.1) is 6.92 Å². The summed E-state index contributed by atoms with van der Waals surface area (Å²) in [7, 11) is 0. The maximum absolute atomic E-state index is 6.15. The molecule has 0 saturated heterocycles. The van der Waals surface area contributed by atoms with E-state index in [2.05, 4.69) is 27.1 Å². The predicted octanol–water partition coefficient (Wildman–Crippen LogP) is 5.41. The largest absolute Gasteiger partial charge is 0.455 e. The lowest BCUT2D eigenvalue weighted by atomic mass is 10.0. The highest BCUT2D eigenvalue weighted by molar-refractivity contribution is 6.09. The molecule has 124 valence electrons. The fourth-order valence-electron chi connectivity index (χ4n) is 3.33. The summed E-state index contributed by atoms with van der Waals surface area (Å²) < 4.78 is 6.15. The SMILES string of the molecule is Cc1nc(-c2ccncc2)cc(-c2cccc3c2oc2ccccc23)n1. The van der Waals surface area contributed by atoms with Crippen molar-refractivity contribution in [3.05, 3.63) is 78.9 Å². The van der Waals surface area contributed by atoms with Gasteiger partial charge in [0.1, 0.15) is 17.0 Å². The normalized spacial score (nSPS) is 11.3. The number of hydrogen-bond acceptors (Lipinski definition) is 4. The van der Waals surface area contributed by atoms with Crippen LogP contribution in [0.2, 0.25) is 0 Å². The molecule has 4 nitrogen and oxygen atoms in total. The van der Waals surface area contributed by atoms with Gasteiger partial charge in [0.25, 0.3) is 0 Å². The molecule has 0 bridgehead atoms. The van der Waals surface area contributed by atoms with Crippen molar-refractivity contribution in [3.8, 4) is 22.5 Å². The standard InChI is InChI=1S/C22H15N3O/c1-14-24-19(15-9-11-23-12-10-15)13-20(25-14)18-7-4-6-17-16-5-2-3-8-21(16)26-22(17)18/h2-13H,1H3. The lowest BCUT2D eigenvalue weighted by molar-refractivity contribution is 0.670. The van der Waals surface area contributed by atoms with Crippen molar-refractivity contribution in [2.75, 3.05) is 0 Å². The quantitative estimate of drug-likeness (QED) is 0.432. The van der Waals surface area contributed by atoms with Gasteiger partial charge in [0.15, 0.2) is 0 Å². The van der Waals surface area contributed by atoms with Crippen LogP contribution in [0.3, 0.4) is 0 Å². The van der Waals surface area contributed by atoms with Crippen LogP contribution in [-0.2, 0) is 0 Å². The zero-order valence-corrected chi connectivity index (χ0v) is 14.2. The van der Waals surface area contributed by atoms with Crippen molar-refractivity contribution < 1.29 is 4.42 Å². The molecule has 4 heteroatoms. The molecule has 5 aromatic rings. The molecule has 0 aliphatic rings. The summed E-state index contributed by atoms with van der Waals surface area (Å²) in [6.07, 6.45) is 3.54. The minimum Gasteiger partial charge on any atom is -0.455 e. The summed E-state index contributed by atoms with van der Waals surface area (Å²) in [6, 6.07) is 20.2. The van der Waals surface area contributed by atoms with Gasteiger partial charge in [-0.2, -0.15) is 0 Å². The van der Waals surface area contributed by atoms with Crippen LogP contribution in [0.4, 0.5) is 0 Å². The van der Waals surface area contributed by atoms with E-state index < -0.39 is 0 Å². The number of rotatable bonds is 2. The third-order valence-corrected chi connectivity index (χ3v) is 4.49. The molecule has 3 aromatic heterocycles. The van der Waals surface area contributed by atoms with Crippen LogP contribution in [-0.4, -0.2) is 15.0 Å². The third kappa shape index (κ3) is 2.35. The van der Waals surface area contributed by atoms with Crippen molar-refractivity contribution in [3.63, 3.8) is 0 Å². The molecular formula is C22H15N3O. The Morgan fingerprint density at radius 1 is 0.769 bits per heavy atom. The molecule has 0 amide bonds. The van der Waals surface area contributed by atoms with E-state index in [1.54, 1.807) is 12.4 Å². The third-order valence-electron chi connectivity index (χ3n) is 4.49. The van der Waals surface area contributed by atoms with E-state index in [9.17, 15) is 0 Å². The number of furan rings is 1. The van der Waals surface area contributed by atoms with Crippen LogP contribution in [0.15, 0.2) is 77.5 Å². The fraction of sp³-hybridized carbons (Fsp3) is 0.0455. The molecule has 0 fully saturated rings. The second-order valence-corrected chi connectivity index (χ2v) is 6.20. The number of benzene rings is 2. The summed E-state index contributed by atoms with van der Waals surface area (Å²) in [4.78, 5) is 13.3. The molecule has 0 atom stereocenters. The molecule has 26 heavy (non-hydrogen) atoms. The summed E-state index contributed by atoms with van der Waals surface area (Å²) in [6.45, 7) is 1.91. The summed E-state index contributed by atoms with van der Waals surface area (Å²) in [5, 5.41) is 2.21. The Morgan fingerprint density at radius 2 is 1.54 bits per heavy atom. The van der Waals surface area contributed by atoms with Gasteiger partial charge in [-0.1, -0.05) is 30.3 Å². The van der Waals surface area contributed by atoms with Gasteiger partial charge in [0, 0.05) is 34.3 Å². The molecule has 0 aliphatic carbocycles. The average molecular weight is 337 g/mol. The average Bonchev–Trinajstić information content (AvgIpc) is 3.07. The molecule has 0 saturated carbocycles. The van der Waals surface area contributed by atoms with E-state index in [0.29, 0.717) is 0 Å². The highest BCUT2D eigenvalue weighted by Crippen LogP contribution is 2.35. The Hall–Kier alpha value is -3.53. The van der Waals surface area contributed by atoms with Gasteiger partial charge in [-0.25, -0.2) is 9.97 Å². The van der Waals surface area contributed by atoms with E-state index in [1.165, 1.54) is 0 Å². The predicted molar refractivity (Wildman–Crippen MR) is 103 cm³/mol. The Balaban J connectivity index is 1.77. The molecule has 0 spiro atoms. The van der Waals surface area contributed by atoms with Gasteiger partial charge >= 0.3 is 0 Å². The minimum absolute atomic E-state index is 0.724. The topological polar surface area (TPSA) is 51.8 Å². The smallest absolute Gasteiger partial charge is 0.144 e. The van der Waals surface area contributed by atoms with E-state index in [1.807, 2.05) is 55.5 Å². The number of hydrogen-bond donors (Lipinski definition) is 0. The zero-order chi connectivity index (χ0) is 17.5. The molecule has 0 N–H and O–H groups in total. The second kappa shape index (κ2) is 5.77. The number of para-hydroxylation sites is 2. The van der Waals surface area contributed by atoms with Crippen LogP contribution in [0.5, 0.6) is 0 Å². The Bertz CT molecular complexity index is 1240. The van der Waals surface area contributed by atoms with Crippen LogP contribution < -0.4 is 0 Å². The summed E-state index contributed by atoms with van der Waals surface area (Å²) in [5.74, 6) is 0.724.